The zero-order chi connectivity index (χ0) is 18.7. The lowest BCUT2D eigenvalue weighted by molar-refractivity contribution is -0.137. The van der Waals surface area contributed by atoms with E-state index in [9.17, 15) is 4.79 Å². The predicted octanol–water partition coefficient (Wildman–Crippen LogP) is 2.78. The third kappa shape index (κ3) is 3.92. The lowest BCUT2D eigenvalue weighted by Gasteiger charge is -2.42. The van der Waals surface area contributed by atoms with Crippen LogP contribution < -0.4 is 9.47 Å². The van der Waals surface area contributed by atoms with Crippen molar-refractivity contribution in [3.63, 3.8) is 0 Å². The van der Waals surface area contributed by atoms with Crippen molar-refractivity contribution in [2.75, 3.05) is 39.7 Å². The average molecular weight is 375 g/mol. The quantitative estimate of drug-likeness (QED) is 0.716. The fourth-order valence-electron chi connectivity index (χ4n) is 4.59. The minimum absolute atomic E-state index is 0.0490. The molecule has 0 aromatic heterocycles. The van der Waals surface area contributed by atoms with Gasteiger partial charge in [-0.3, -0.25) is 4.79 Å². The van der Waals surface area contributed by atoms with Gasteiger partial charge in [0.1, 0.15) is 0 Å². The van der Waals surface area contributed by atoms with Gasteiger partial charge < -0.3 is 23.8 Å². The molecule has 1 aromatic rings. The number of carbonyl (C=O) groups is 1. The molecule has 6 nitrogen and oxygen atoms in total. The van der Waals surface area contributed by atoms with Crippen molar-refractivity contribution >= 4 is 5.91 Å². The van der Waals surface area contributed by atoms with E-state index < -0.39 is 0 Å². The molecule has 0 N–H and O–H groups in total. The van der Waals surface area contributed by atoms with Crippen LogP contribution in [0.15, 0.2) is 18.2 Å². The summed E-state index contributed by atoms with van der Waals surface area (Å²) in [4.78, 5) is 14.7. The molecule has 148 valence electrons. The maximum atomic E-state index is 12.8. The highest BCUT2D eigenvalue weighted by Crippen LogP contribution is 2.42. The van der Waals surface area contributed by atoms with Gasteiger partial charge in [-0.15, -0.1) is 0 Å². The Morgan fingerprint density at radius 2 is 2.07 bits per heavy atom. The number of hydrogen-bond donors (Lipinski definition) is 0. The molecule has 1 amide bonds. The first kappa shape index (κ1) is 18.6. The van der Waals surface area contributed by atoms with Crippen LogP contribution in [0.1, 0.15) is 38.2 Å². The Hall–Kier alpha value is -1.79. The van der Waals surface area contributed by atoms with E-state index in [1.165, 1.54) is 0 Å². The summed E-state index contributed by atoms with van der Waals surface area (Å²) in [6.45, 7) is 6.24. The van der Waals surface area contributed by atoms with Gasteiger partial charge in [0.05, 0.1) is 12.0 Å². The van der Waals surface area contributed by atoms with E-state index >= 15 is 0 Å². The van der Waals surface area contributed by atoms with Gasteiger partial charge in [0, 0.05) is 32.9 Å². The van der Waals surface area contributed by atoms with Crippen LogP contribution in [0.4, 0.5) is 0 Å². The first-order valence-electron chi connectivity index (χ1n) is 10.1. The van der Waals surface area contributed by atoms with Gasteiger partial charge in [-0.25, -0.2) is 0 Å². The molecule has 3 heterocycles. The predicted molar refractivity (Wildman–Crippen MR) is 100.0 cm³/mol. The molecule has 0 saturated carbocycles. The van der Waals surface area contributed by atoms with Crippen molar-refractivity contribution in [2.45, 2.75) is 44.6 Å². The number of amides is 1. The van der Waals surface area contributed by atoms with Gasteiger partial charge >= 0.3 is 0 Å². The Labute approximate surface area is 160 Å². The van der Waals surface area contributed by atoms with Gasteiger partial charge in [0.15, 0.2) is 11.5 Å². The molecular weight excluding hydrogens is 346 g/mol. The zero-order valence-electron chi connectivity index (χ0n) is 16.1. The van der Waals surface area contributed by atoms with E-state index in [4.69, 9.17) is 18.9 Å². The van der Waals surface area contributed by atoms with Crippen LogP contribution in [-0.2, 0) is 20.7 Å². The van der Waals surface area contributed by atoms with Gasteiger partial charge in [-0.2, -0.15) is 0 Å². The van der Waals surface area contributed by atoms with Crippen molar-refractivity contribution in [2.24, 2.45) is 5.92 Å². The number of fused-ring (bicyclic) bond motifs is 1. The van der Waals surface area contributed by atoms with E-state index in [0.29, 0.717) is 12.3 Å². The highest BCUT2D eigenvalue weighted by atomic mass is 16.7. The fraction of sp³-hybridized carbons (Fsp3) is 0.667. The van der Waals surface area contributed by atoms with Crippen LogP contribution in [0.2, 0.25) is 0 Å². The molecule has 0 radical (unpaired) electrons. The molecule has 6 heteroatoms. The third-order valence-electron chi connectivity index (χ3n) is 6.17. The Morgan fingerprint density at radius 3 is 2.89 bits per heavy atom. The van der Waals surface area contributed by atoms with Crippen molar-refractivity contribution in [3.8, 4) is 11.5 Å². The van der Waals surface area contributed by atoms with Crippen LogP contribution in [0.25, 0.3) is 0 Å². The molecule has 1 aromatic carbocycles. The van der Waals surface area contributed by atoms with E-state index in [0.717, 1.165) is 75.7 Å². The standard InChI is InChI=1S/C21H29NO5/c1-2-24-11-5-17-6-12-27-21(17)7-9-22(10-8-21)20(23)14-16-3-4-18-19(13-16)26-15-25-18/h3-4,13,17H,2,5-12,14-15H2,1H3/t17-/m1/s1. The molecule has 4 rings (SSSR count). The Bertz CT molecular complexity index is 669. The molecule has 3 aliphatic heterocycles. The summed E-state index contributed by atoms with van der Waals surface area (Å²) in [6.07, 6.45) is 4.42. The monoisotopic (exact) mass is 375 g/mol. The van der Waals surface area contributed by atoms with Gasteiger partial charge in [0.25, 0.3) is 0 Å². The zero-order valence-corrected chi connectivity index (χ0v) is 16.1. The van der Waals surface area contributed by atoms with Crippen LogP contribution >= 0.6 is 0 Å². The number of likely N-dealkylation sites (tertiary alicyclic amines) is 1. The minimum atomic E-state index is -0.0490. The Kier molecular flexibility index (Phi) is 5.55. The maximum Gasteiger partial charge on any atom is 0.231 e. The lowest BCUT2D eigenvalue weighted by Crippen LogP contribution is -2.49. The van der Waals surface area contributed by atoms with Crippen molar-refractivity contribution in [1.82, 2.24) is 4.90 Å². The van der Waals surface area contributed by atoms with Crippen LogP contribution in [0.5, 0.6) is 11.5 Å². The summed E-state index contributed by atoms with van der Waals surface area (Å²) in [6, 6.07) is 5.74. The number of ether oxygens (including phenoxy) is 4. The Morgan fingerprint density at radius 1 is 1.26 bits per heavy atom. The van der Waals surface area contributed by atoms with E-state index in [2.05, 4.69) is 0 Å². The molecule has 1 atom stereocenters. The van der Waals surface area contributed by atoms with Crippen molar-refractivity contribution < 1.29 is 23.7 Å². The minimum Gasteiger partial charge on any atom is -0.454 e. The summed E-state index contributed by atoms with van der Waals surface area (Å²) in [5, 5.41) is 0. The molecule has 2 saturated heterocycles. The summed E-state index contributed by atoms with van der Waals surface area (Å²) >= 11 is 0. The number of nitrogens with zero attached hydrogens (tertiary/aromatic N) is 1. The molecular formula is C21H29NO5. The molecule has 3 aliphatic rings. The number of rotatable bonds is 6. The number of carbonyl (C=O) groups excluding carboxylic acids is 1. The van der Waals surface area contributed by atoms with Crippen molar-refractivity contribution in [3.05, 3.63) is 23.8 Å². The second-order valence-corrected chi connectivity index (χ2v) is 7.63. The molecule has 27 heavy (non-hydrogen) atoms. The number of hydrogen-bond acceptors (Lipinski definition) is 5. The van der Waals surface area contributed by atoms with E-state index in [1.54, 1.807) is 0 Å². The highest BCUT2D eigenvalue weighted by Gasteiger charge is 2.46. The summed E-state index contributed by atoms with van der Waals surface area (Å²) < 4.78 is 22.5. The number of benzene rings is 1. The van der Waals surface area contributed by atoms with Gasteiger partial charge in [-0.05, 0) is 56.2 Å². The summed E-state index contributed by atoms with van der Waals surface area (Å²) in [5.41, 5.74) is 0.920. The average Bonchev–Trinajstić information content (AvgIpc) is 3.29. The molecule has 0 unspecified atom stereocenters. The lowest BCUT2D eigenvalue weighted by atomic mass is 9.78. The fourth-order valence-corrected chi connectivity index (χ4v) is 4.59. The van der Waals surface area contributed by atoms with E-state index in [-0.39, 0.29) is 18.3 Å². The van der Waals surface area contributed by atoms with Gasteiger partial charge in [-0.1, -0.05) is 6.07 Å². The molecule has 1 spiro atoms. The normalized spacial score (nSPS) is 23.1. The molecule has 0 aliphatic carbocycles. The number of piperidine rings is 1. The second kappa shape index (κ2) is 8.07. The van der Waals surface area contributed by atoms with Gasteiger partial charge in [0.2, 0.25) is 12.7 Å². The van der Waals surface area contributed by atoms with E-state index in [1.807, 2.05) is 30.0 Å². The smallest absolute Gasteiger partial charge is 0.231 e. The second-order valence-electron chi connectivity index (χ2n) is 7.63. The maximum absolute atomic E-state index is 12.8. The summed E-state index contributed by atoms with van der Waals surface area (Å²) in [5.74, 6) is 2.21. The first-order chi connectivity index (χ1) is 13.2. The van der Waals surface area contributed by atoms with Crippen LogP contribution in [-0.4, -0.2) is 56.1 Å². The topological polar surface area (TPSA) is 57.2 Å². The Balaban J connectivity index is 1.31. The SMILES string of the molecule is CCOCC[C@@H]1CCOC12CCN(C(=O)Cc1ccc3c(c1)OCO3)CC2. The van der Waals surface area contributed by atoms with Crippen LogP contribution in [0, 0.1) is 5.92 Å². The first-order valence-corrected chi connectivity index (χ1v) is 10.1. The molecule has 2 fully saturated rings. The highest BCUT2D eigenvalue weighted by molar-refractivity contribution is 5.79. The summed E-state index contributed by atoms with van der Waals surface area (Å²) in [7, 11) is 0. The third-order valence-corrected chi connectivity index (χ3v) is 6.17. The van der Waals surface area contributed by atoms with Crippen LogP contribution in [0.3, 0.4) is 0 Å². The van der Waals surface area contributed by atoms with Crippen molar-refractivity contribution in [1.29, 1.82) is 0 Å². The largest absolute Gasteiger partial charge is 0.454 e. The molecule has 0 bridgehead atoms.